The number of carbonyl (C=O) groups is 4. The average Bonchev–Trinajstić information content (AvgIpc) is 2.85. The van der Waals surface area contributed by atoms with E-state index in [1.807, 2.05) is 36.9 Å². The van der Waals surface area contributed by atoms with Crippen molar-refractivity contribution in [3.63, 3.8) is 0 Å². The van der Waals surface area contributed by atoms with E-state index >= 15 is 0 Å². The van der Waals surface area contributed by atoms with Crippen LogP contribution in [-0.4, -0.2) is 78.9 Å². The van der Waals surface area contributed by atoms with Crippen LogP contribution < -0.4 is 10.6 Å². The normalized spacial score (nSPS) is 14.7. The topological polar surface area (TPSA) is 108 Å². The van der Waals surface area contributed by atoms with Crippen LogP contribution in [0.5, 0.6) is 0 Å². The van der Waals surface area contributed by atoms with Gasteiger partial charge in [-0.05, 0) is 44.0 Å². The maximum absolute atomic E-state index is 12.5. The van der Waals surface area contributed by atoms with Crippen LogP contribution in [0.2, 0.25) is 0 Å². The number of anilines is 1. The molecule has 0 bridgehead atoms. The molecule has 1 aliphatic heterocycles. The number of rotatable bonds is 8. The predicted molar refractivity (Wildman–Crippen MR) is 132 cm³/mol. The summed E-state index contributed by atoms with van der Waals surface area (Å²) in [4.78, 5) is 52.9. The number of hydrogen-bond donors (Lipinski definition) is 2. The molecule has 186 valence electrons. The third-order valence-electron chi connectivity index (χ3n) is 5.91. The Morgan fingerprint density at radius 2 is 1.54 bits per heavy atom. The average molecular weight is 481 g/mol. The molecule has 1 aliphatic rings. The van der Waals surface area contributed by atoms with Gasteiger partial charge in [0.25, 0.3) is 11.8 Å². The third kappa shape index (κ3) is 7.38. The van der Waals surface area contributed by atoms with Crippen LogP contribution in [0.15, 0.2) is 48.5 Å². The molecule has 9 nitrogen and oxygen atoms in total. The molecule has 1 heterocycles. The summed E-state index contributed by atoms with van der Waals surface area (Å²) in [5, 5.41) is 5.54. The number of aryl methyl sites for hydroxylation is 2. The van der Waals surface area contributed by atoms with Crippen molar-refractivity contribution in [3.8, 4) is 0 Å². The Kier molecular flexibility index (Phi) is 8.97. The second-order valence-corrected chi connectivity index (χ2v) is 8.64. The highest BCUT2D eigenvalue weighted by Crippen LogP contribution is 2.19. The van der Waals surface area contributed by atoms with E-state index in [0.717, 1.165) is 16.8 Å². The Balaban J connectivity index is 1.38. The fourth-order valence-electron chi connectivity index (χ4n) is 3.83. The van der Waals surface area contributed by atoms with Crippen LogP contribution in [0.25, 0.3) is 0 Å². The molecule has 2 aromatic carbocycles. The molecule has 1 fully saturated rings. The first kappa shape index (κ1) is 25.9. The highest BCUT2D eigenvalue weighted by atomic mass is 16.5. The second-order valence-electron chi connectivity index (χ2n) is 8.64. The lowest BCUT2D eigenvalue weighted by Gasteiger charge is -2.34. The first-order valence-corrected chi connectivity index (χ1v) is 11.6. The van der Waals surface area contributed by atoms with Crippen LogP contribution in [0.4, 0.5) is 5.69 Å². The fraction of sp³-hybridized carbons (Fsp3) is 0.385. The van der Waals surface area contributed by atoms with Gasteiger partial charge in [-0.2, -0.15) is 0 Å². The first-order valence-electron chi connectivity index (χ1n) is 11.6. The molecule has 9 heteroatoms. The summed E-state index contributed by atoms with van der Waals surface area (Å²) in [6.07, 6.45) is 0. The van der Waals surface area contributed by atoms with Gasteiger partial charge in [0.15, 0.2) is 6.61 Å². The minimum atomic E-state index is -0.886. The number of hydrogen-bond acceptors (Lipinski definition) is 6. The van der Waals surface area contributed by atoms with E-state index in [2.05, 4.69) is 10.6 Å². The van der Waals surface area contributed by atoms with E-state index in [0.29, 0.717) is 31.7 Å². The fourth-order valence-corrected chi connectivity index (χ4v) is 3.83. The van der Waals surface area contributed by atoms with Gasteiger partial charge in [0, 0.05) is 37.4 Å². The van der Waals surface area contributed by atoms with Gasteiger partial charge in [-0.25, -0.2) is 4.79 Å². The molecule has 0 aromatic heterocycles. The molecule has 2 N–H and O–H groups in total. The number of amides is 3. The molecule has 0 spiro atoms. The number of nitrogens with one attached hydrogen (secondary N) is 2. The Bertz CT molecular complexity index is 1040. The van der Waals surface area contributed by atoms with Gasteiger partial charge >= 0.3 is 5.97 Å². The highest BCUT2D eigenvalue weighted by molar-refractivity contribution is 5.97. The van der Waals surface area contributed by atoms with E-state index in [1.165, 1.54) is 6.92 Å². The lowest BCUT2D eigenvalue weighted by atomic mass is 10.1. The number of carbonyl (C=O) groups excluding carboxylic acids is 4. The summed E-state index contributed by atoms with van der Waals surface area (Å²) < 4.78 is 5.11. The van der Waals surface area contributed by atoms with E-state index in [9.17, 15) is 19.2 Å². The van der Waals surface area contributed by atoms with Crippen molar-refractivity contribution >= 4 is 29.4 Å². The Morgan fingerprint density at radius 1 is 0.914 bits per heavy atom. The number of piperazine rings is 1. The summed E-state index contributed by atoms with van der Waals surface area (Å²) in [5.41, 5.74) is 3.29. The van der Waals surface area contributed by atoms with Crippen molar-refractivity contribution in [2.75, 3.05) is 44.6 Å². The monoisotopic (exact) mass is 480 g/mol. The van der Waals surface area contributed by atoms with Crippen molar-refractivity contribution in [2.24, 2.45) is 0 Å². The van der Waals surface area contributed by atoms with Crippen molar-refractivity contribution in [1.29, 1.82) is 0 Å². The minimum absolute atomic E-state index is 0.0948. The van der Waals surface area contributed by atoms with Gasteiger partial charge in [-0.3, -0.25) is 19.3 Å². The minimum Gasteiger partial charge on any atom is -0.454 e. The standard InChI is InChI=1S/C26H32N4O5/c1-18-8-7-9-19(2)24(18)28-22(31)16-29-12-14-30(15-13-29)23(32)17-35-26(34)20(3)27-25(33)21-10-5-4-6-11-21/h4-11,20H,12-17H2,1-3H3,(H,27,33)(H,28,31)/t20-/m0/s1. The van der Waals surface area contributed by atoms with Crippen molar-refractivity contribution < 1.29 is 23.9 Å². The number of nitrogens with zero attached hydrogens (tertiary/aromatic N) is 2. The zero-order chi connectivity index (χ0) is 25.4. The number of ether oxygens (including phenoxy) is 1. The molecule has 0 radical (unpaired) electrons. The quantitative estimate of drug-likeness (QED) is 0.558. The smallest absolute Gasteiger partial charge is 0.328 e. The SMILES string of the molecule is Cc1cccc(C)c1NC(=O)CN1CCN(C(=O)COC(=O)[C@H](C)NC(=O)c2ccccc2)CC1. The molecule has 0 saturated carbocycles. The number of esters is 1. The highest BCUT2D eigenvalue weighted by Gasteiger charge is 2.25. The zero-order valence-corrected chi connectivity index (χ0v) is 20.4. The molecule has 35 heavy (non-hydrogen) atoms. The Morgan fingerprint density at radius 3 is 2.17 bits per heavy atom. The summed E-state index contributed by atoms with van der Waals surface area (Å²) in [5.74, 6) is -1.47. The summed E-state index contributed by atoms with van der Waals surface area (Å²) in [6.45, 7) is 7.24. The lowest BCUT2D eigenvalue weighted by molar-refractivity contribution is -0.154. The molecule has 1 atom stereocenters. The maximum atomic E-state index is 12.5. The summed E-state index contributed by atoms with van der Waals surface area (Å²) >= 11 is 0. The summed E-state index contributed by atoms with van der Waals surface area (Å²) in [7, 11) is 0. The van der Waals surface area contributed by atoms with Crippen LogP contribution in [-0.2, 0) is 19.1 Å². The van der Waals surface area contributed by atoms with Gasteiger partial charge in [0.2, 0.25) is 5.91 Å². The van der Waals surface area contributed by atoms with Gasteiger partial charge in [0.1, 0.15) is 6.04 Å². The van der Waals surface area contributed by atoms with Gasteiger partial charge < -0.3 is 20.3 Å². The predicted octanol–water partition coefficient (Wildman–Crippen LogP) is 1.75. The molecule has 0 aliphatic carbocycles. The van der Waals surface area contributed by atoms with Crippen molar-refractivity contribution in [1.82, 2.24) is 15.1 Å². The van der Waals surface area contributed by atoms with Crippen LogP contribution >= 0.6 is 0 Å². The van der Waals surface area contributed by atoms with Crippen LogP contribution in [0.1, 0.15) is 28.4 Å². The largest absolute Gasteiger partial charge is 0.454 e. The van der Waals surface area contributed by atoms with Gasteiger partial charge in [0.05, 0.1) is 6.54 Å². The molecule has 3 amide bonds. The number of benzene rings is 2. The molecule has 3 rings (SSSR count). The third-order valence-corrected chi connectivity index (χ3v) is 5.91. The van der Waals surface area contributed by atoms with E-state index in [4.69, 9.17) is 4.74 Å². The van der Waals surface area contributed by atoms with Gasteiger partial charge in [-0.1, -0.05) is 36.4 Å². The zero-order valence-electron chi connectivity index (χ0n) is 20.4. The van der Waals surface area contributed by atoms with Crippen LogP contribution in [0, 0.1) is 13.8 Å². The molecular weight excluding hydrogens is 448 g/mol. The molecule has 1 saturated heterocycles. The second kappa shape index (κ2) is 12.1. The van der Waals surface area contributed by atoms with Crippen molar-refractivity contribution in [3.05, 3.63) is 65.2 Å². The summed E-state index contributed by atoms with van der Waals surface area (Å²) in [6, 6.07) is 13.5. The van der Waals surface area contributed by atoms with Crippen LogP contribution in [0.3, 0.4) is 0 Å². The van der Waals surface area contributed by atoms with E-state index in [1.54, 1.807) is 35.2 Å². The first-order chi connectivity index (χ1) is 16.7. The Hall–Kier alpha value is -3.72. The molecular formula is C26H32N4O5. The number of para-hydroxylation sites is 1. The molecule has 2 aromatic rings. The Labute approximate surface area is 205 Å². The lowest BCUT2D eigenvalue weighted by Crippen LogP contribution is -2.51. The maximum Gasteiger partial charge on any atom is 0.328 e. The molecule has 0 unspecified atom stereocenters. The van der Waals surface area contributed by atoms with Gasteiger partial charge in [-0.15, -0.1) is 0 Å². The van der Waals surface area contributed by atoms with E-state index in [-0.39, 0.29) is 24.3 Å². The van der Waals surface area contributed by atoms with E-state index < -0.39 is 18.6 Å². The van der Waals surface area contributed by atoms with Crippen molar-refractivity contribution in [2.45, 2.75) is 26.8 Å².